The Bertz CT molecular complexity index is 466. The Labute approximate surface area is 119 Å². The molecule has 2 unspecified atom stereocenters. The molecule has 1 aliphatic heterocycles. The molecule has 19 heavy (non-hydrogen) atoms. The molecule has 0 spiro atoms. The summed E-state index contributed by atoms with van der Waals surface area (Å²) in [6.45, 7) is 1.47. The Kier molecular flexibility index (Phi) is 4.34. The van der Waals surface area contributed by atoms with E-state index in [2.05, 4.69) is 14.8 Å². The average Bonchev–Trinajstić information content (AvgIpc) is 2.69. The van der Waals surface area contributed by atoms with Crippen LogP contribution in [0.4, 0.5) is 5.69 Å². The number of nitrogens with zero attached hydrogens (tertiary/aromatic N) is 3. The van der Waals surface area contributed by atoms with Gasteiger partial charge in [-0.2, -0.15) is 0 Å². The average molecular weight is 280 g/mol. The van der Waals surface area contributed by atoms with Crippen LogP contribution in [0, 0.1) is 0 Å². The minimum Gasteiger partial charge on any atom is -0.391 e. The third-order valence-electron chi connectivity index (χ3n) is 3.30. The van der Waals surface area contributed by atoms with Crippen molar-refractivity contribution in [1.29, 1.82) is 0 Å². The lowest BCUT2D eigenvalue weighted by atomic mass is 10.1. The Hall–Kier alpha value is -1.24. The van der Waals surface area contributed by atoms with E-state index in [-0.39, 0.29) is 12.1 Å². The number of nitrogens with two attached hydrogens (primary N) is 1. The molecule has 1 fully saturated rings. The van der Waals surface area contributed by atoms with Crippen molar-refractivity contribution in [2.45, 2.75) is 18.6 Å². The second kappa shape index (κ2) is 5.81. The van der Waals surface area contributed by atoms with Crippen molar-refractivity contribution in [2.75, 3.05) is 32.1 Å². The van der Waals surface area contributed by atoms with Crippen LogP contribution in [-0.4, -0.2) is 59.3 Å². The molecule has 2 rings (SSSR count). The summed E-state index contributed by atoms with van der Waals surface area (Å²) < 4.78 is 0. The van der Waals surface area contributed by atoms with Crippen molar-refractivity contribution in [3.63, 3.8) is 0 Å². The van der Waals surface area contributed by atoms with Gasteiger partial charge in [-0.1, -0.05) is 12.2 Å². The molecule has 0 aliphatic carbocycles. The topological polar surface area (TPSA) is 65.6 Å². The molecule has 1 aromatic rings. The van der Waals surface area contributed by atoms with Crippen LogP contribution < -0.4 is 10.6 Å². The van der Waals surface area contributed by atoms with Crippen LogP contribution in [0.25, 0.3) is 0 Å². The highest BCUT2D eigenvalue weighted by atomic mass is 32.1. The van der Waals surface area contributed by atoms with Gasteiger partial charge in [0.25, 0.3) is 0 Å². The molecule has 5 nitrogen and oxygen atoms in total. The maximum Gasteiger partial charge on any atom is 0.124 e. The molecule has 0 bridgehead atoms. The highest BCUT2D eigenvalue weighted by Gasteiger charge is 2.32. The lowest BCUT2D eigenvalue weighted by molar-refractivity contribution is 0.191. The van der Waals surface area contributed by atoms with Crippen LogP contribution in [0.2, 0.25) is 0 Å². The number of likely N-dealkylation sites (N-methyl/N-ethyl adjacent to an activating group) is 1. The van der Waals surface area contributed by atoms with Crippen LogP contribution in [0.3, 0.4) is 0 Å². The smallest absolute Gasteiger partial charge is 0.124 e. The van der Waals surface area contributed by atoms with Crippen molar-refractivity contribution in [1.82, 2.24) is 9.88 Å². The Morgan fingerprint density at radius 3 is 3.00 bits per heavy atom. The highest BCUT2D eigenvalue weighted by Crippen LogP contribution is 2.28. The van der Waals surface area contributed by atoms with Gasteiger partial charge >= 0.3 is 0 Å². The second-order valence-corrected chi connectivity index (χ2v) is 5.63. The number of hydrogen-bond acceptors (Lipinski definition) is 5. The number of β-amino-alcohol motifs (C(OH)–C–C–N with tert-alkyl or cyclic N) is 1. The van der Waals surface area contributed by atoms with Gasteiger partial charge < -0.3 is 20.6 Å². The largest absolute Gasteiger partial charge is 0.391 e. The monoisotopic (exact) mass is 280 g/mol. The van der Waals surface area contributed by atoms with Crippen molar-refractivity contribution in [3.05, 3.63) is 24.0 Å². The number of thiocarbonyl (C=S) groups is 1. The van der Waals surface area contributed by atoms with Gasteiger partial charge in [-0.25, -0.2) is 0 Å². The summed E-state index contributed by atoms with van der Waals surface area (Å²) >= 11 is 5.06. The molecule has 0 radical (unpaired) electrons. The number of aromatic nitrogens is 1. The number of anilines is 1. The second-order valence-electron chi connectivity index (χ2n) is 5.19. The molecule has 1 aromatic heterocycles. The van der Waals surface area contributed by atoms with Gasteiger partial charge in [0.2, 0.25) is 0 Å². The lowest BCUT2D eigenvalue weighted by Crippen LogP contribution is -2.38. The summed E-state index contributed by atoms with van der Waals surface area (Å²) in [5.74, 6) is 0. The minimum atomic E-state index is -0.315. The van der Waals surface area contributed by atoms with Gasteiger partial charge in [0.1, 0.15) is 10.7 Å². The highest BCUT2D eigenvalue weighted by molar-refractivity contribution is 7.80. The number of rotatable bonds is 4. The van der Waals surface area contributed by atoms with Crippen molar-refractivity contribution >= 4 is 22.9 Å². The number of pyridine rings is 1. The van der Waals surface area contributed by atoms with Crippen LogP contribution in [0.1, 0.15) is 12.1 Å². The third kappa shape index (κ3) is 3.20. The van der Waals surface area contributed by atoms with Crippen LogP contribution >= 0.6 is 12.2 Å². The summed E-state index contributed by atoms with van der Waals surface area (Å²) in [5.41, 5.74) is 7.28. The molecule has 0 aromatic carbocycles. The van der Waals surface area contributed by atoms with Crippen LogP contribution in [0.15, 0.2) is 18.3 Å². The van der Waals surface area contributed by atoms with E-state index in [1.165, 1.54) is 0 Å². The molecule has 2 atom stereocenters. The van der Waals surface area contributed by atoms with Crippen molar-refractivity contribution < 1.29 is 5.11 Å². The molecule has 104 valence electrons. The zero-order valence-electron chi connectivity index (χ0n) is 11.3. The van der Waals surface area contributed by atoms with E-state index < -0.39 is 0 Å². The van der Waals surface area contributed by atoms with Crippen LogP contribution in [0.5, 0.6) is 0 Å². The zero-order chi connectivity index (χ0) is 14.0. The fourth-order valence-corrected chi connectivity index (χ4v) is 2.76. The molecule has 0 amide bonds. The summed E-state index contributed by atoms with van der Waals surface area (Å²) in [4.78, 5) is 8.83. The van der Waals surface area contributed by atoms with Crippen molar-refractivity contribution in [3.8, 4) is 0 Å². The van der Waals surface area contributed by atoms with E-state index in [9.17, 15) is 5.11 Å². The molecular formula is C13H20N4OS. The van der Waals surface area contributed by atoms with E-state index in [1.54, 1.807) is 6.20 Å². The van der Waals surface area contributed by atoms with Gasteiger partial charge in [0.05, 0.1) is 11.8 Å². The first-order valence-electron chi connectivity index (χ1n) is 6.33. The quantitative estimate of drug-likeness (QED) is 0.769. The normalized spacial score (nSPS) is 23.1. The molecule has 2 heterocycles. The summed E-state index contributed by atoms with van der Waals surface area (Å²) in [7, 11) is 4.06. The SMILES string of the molecule is CN(C)CC1CC(O)CN1c1cccnc1C(N)=S. The van der Waals surface area contributed by atoms with E-state index in [0.717, 1.165) is 18.7 Å². The fourth-order valence-electron chi connectivity index (χ4n) is 2.60. The van der Waals surface area contributed by atoms with Gasteiger partial charge in [-0.15, -0.1) is 0 Å². The predicted molar refractivity (Wildman–Crippen MR) is 80.4 cm³/mol. The zero-order valence-corrected chi connectivity index (χ0v) is 12.1. The molecule has 1 saturated heterocycles. The van der Waals surface area contributed by atoms with Crippen molar-refractivity contribution in [2.24, 2.45) is 5.73 Å². The number of aliphatic hydroxyl groups is 1. The lowest BCUT2D eigenvalue weighted by Gasteiger charge is -2.29. The number of aliphatic hydroxyl groups excluding tert-OH is 1. The van der Waals surface area contributed by atoms with E-state index in [1.807, 2.05) is 26.2 Å². The standard InChI is InChI=1S/C13H20N4OS/c1-16(2)7-9-6-10(18)8-17(9)11-4-3-5-15-12(11)13(14)19/h3-5,9-10,18H,6-8H2,1-2H3,(H2,14,19). The first-order chi connectivity index (χ1) is 8.99. The third-order valence-corrected chi connectivity index (χ3v) is 3.49. The van der Waals surface area contributed by atoms with Gasteiger partial charge in [-0.3, -0.25) is 4.98 Å². The van der Waals surface area contributed by atoms with Crippen LogP contribution in [-0.2, 0) is 0 Å². The van der Waals surface area contributed by atoms with E-state index in [0.29, 0.717) is 17.2 Å². The Morgan fingerprint density at radius 2 is 2.37 bits per heavy atom. The minimum absolute atomic E-state index is 0.252. The van der Waals surface area contributed by atoms with Gasteiger partial charge in [0.15, 0.2) is 0 Å². The van der Waals surface area contributed by atoms with Gasteiger partial charge in [0, 0.05) is 25.3 Å². The first kappa shape index (κ1) is 14.2. The van der Waals surface area contributed by atoms with E-state index in [4.69, 9.17) is 18.0 Å². The summed E-state index contributed by atoms with van der Waals surface area (Å²) in [6.07, 6.45) is 2.12. The Morgan fingerprint density at radius 1 is 1.63 bits per heavy atom. The Balaban J connectivity index is 2.31. The molecule has 1 aliphatic rings. The van der Waals surface area contributed by atoms with E-state index >= 15 is 0 Å². The molecule has 0 saturated carbocycles. The van der Waals surface area contributed by atoms with Gasteiger partial charge in [-0.05, 0) is 32.6 Å². The molecule has 6 heteroatoms. The maximum absolute atomic E-state index is 9.93. The number of hydrogen-bond donors (Lipinski definition) is 2. The summed E-state index contributed by atoms with van der Waals surface area (Å²) in [5, 5.41) is 9.93. The molecular weight excluding hydrogens is 260 g/mol. The summed E-state index contributed by atoms with van der Waals surface area (Å²) in [6, 6.07) is 4.08. The molecule has 3 N–H and O–H groups in total. The maximum atomic E-state index is 9.93. The fraction of sp³-hybridized carbons (Fsp3) is 0.538. The first-order valence-corrected chi connectivity index (χ1v) is 6.74. The predicted octanol–water partition coefficient (Wildman–Crippen LogP) is 0.217.